The number of nitrogens with zero attached hydrogens (tertiary/aromatic N) is 4. The van der Waals surface area contributed by atoms with Gasteiger partial charge in [0, 0.05) is 29.2 Å². The monoisotopic (exact) mass is 578 g/mol. The van der Waals surface area contributed by atoms with Crippen LogP contribution in [0.2, 0.25) is 0 Å². The number of benzene rings is 1. The topological polar surface area (TPSA) is 107 Å². The lowest BCUT2D eigenvalue weighted by molar-refractivity contribution is -0.0592. The molecule has 0 amide bonds. The summed E-state index contributed by atoms with van der Waals surface area (Å²) in [6.45, 7) is 5.36. The van der Waals surface area contributed by atoms with E-state index < -0.39 is 11.1 Å². The van der Waals surface area contributed by atoms with Crippen molar-refractivity contribution in [3.63, 3.8) is 0 Å². The van der Waals surface area contributed by atoms with Gasteiger partial charge < -0.3 is 19.1 Å². The highest BCUT2D eigenvalue weighted by Gasteiger charge is 2.26. The molecule has 1 atom stereocenters. The van der Waals surface area contributed by atoms with Crippen molar-refractivity contribution in [3.8, 4) is 5.88 Å². The number of hydrogen-bond donors (Lipinski definition) is 1. The van der Waals surface area contributed by atoms with Gasteiger partial charge in [0.1, 0.15) is 12.4 Å². The zero-order valence-corrected chi connectivity index (χ0v) is 23.5. The van der Waals surface area contributed by atoms with Gasteiger partial charge >= 0.3 is 5.97 Å². The van der Waals surface area contributed by atoms with Crippen molar-refractivity contribution in [3.05, 3.63) is 75.1 Å². The Hall–Kier alpha value is -3.67. The molecule has 2 saturated heterocycles. The van der Waals surface area contributed by atoms with Gasteiger partial charge in [0.05, 0.1) is 41.4 Å². The smallest absolute Gasteiger partial charge is 0.335 e. The zero-order valence-electron chi connectivity index (χ0n) is 22.7. The third-order valence-electron chi connectivity index (χ3n) is 7.85. The molecule has 2 fully saturated rings. The highest BCUT2D eigenvalue weighted by atomic mass is 32.1. The molecule has 1 N–H and O–H groups in total. The van der Waals surface area contributed by atoms with Crippen molar-refractivity contribution < 1.29 is 28.6 Å². The molecule has 2 aliphatic rings. The third-order valence-corrected chi connectivity index (χ3v) is 8.75. The Bertz CT molecular complexity index is 1590. The van der Waals surface area contributed by atoms with Gasteiger partial charge in [-0.3, -0.25) is 9.69 Å². The first-order valence-corrected chi connectivity index (χ1v) is 14.6. The molecule has 0 saturated carbocycles. The largest absolute Gasteiger partial charge is 0.478 e. The van der Waals surface area contributed by atoms with E-state index in [0.717, 1.165) is 72.8 Å². The quantitative estimate of drug-likeness (QED) is 0.253. The first-order valence-electron chi connectivity index (χ1n) is 13.8. The van der Waals surface area contributed by atoms with E-state index in [-0.39, 0.29) is 29.6 Å². The Morgan fingerprint density at radius 2 is 1.95 bits per heavy atom. The molecule has 0 spiro atoms. The number of carboxylic acids is 1. The number of likely N-dealkylation sites (tertiary alicyclic amines) is 1. The first kappa shape index (κ1) is 27.5. The SMILES string of the molecule is CC(=O)c1cc(COc2cccc(C3CCN(Cc4nc5ccc(C(=O)O)cc5n4C[C@@H]4CCO4)CC3)n2)sc1F. The number of carboxylic acid groups (broad SMARTS) is 1. The van der Waals surface area contributed by atoms with Crippen LogP contribution in [0.1, 0.15) is 69.2 Å². The standard InChI is InChI=1S/C30H31FN4O5S/c1-18(36)23-14-22(41-29(23)31)17-40-28-4-2-3-24(33-28)19-7-10-34(11-8-19)16-27-32-25-6-5-20(30(37)38)13-26(25)35(27)15-21-9-12-39-21/h2-6,13-14,19,21H,7-12,15-17H2,1H3,(H,37,38)/t21-/m0/s1. The molecule has 4 aromatic rings. The number of thiophene rings is 1. The van der Waals surface area contributed by atoms with Gasteiger partial charge in [0.25, 0.3) is 0 Å². The molecule has 9 nitrogen and oxygen atoms in total. The van der Waals surface area contributed by atoms with Crippen LogP contribution in [0.4, 0.5) is 4.39 Å². The number of Topliss-reactive ketones (excluding diaryl/α,β-unsaturated/α-hetero) is 1. The maximum Gasteiger partial charge on any atom is 0.335 e. The van der Waals surface area contributed by atoms with Crippen molar-refractivity contribution in [1.82, 2.24) is 19.4 Å². The molecule has 0 aliphatic carbocycles. The van der Waals surface area contributed by atoms with E-state index >= 15 is 0 Å². The second-order valence-electron chi connectivity index (χ2n) is 10.6. The molecule has 6 rings (SSSR count). The first-order chi connectivity index (χ1) is 19.8. The molecule has 2 aliphatic heterocycles. The van der Waals surface area contributed by atoms with Gasteiger partial charge in [-0.1, -0.05) is 6.07 Å². The molecule has 214 valence electrons. The maximum absolute atomic E-state index is 13.9. The minimum atomic E-state index is -0.950. The number of aromatic nitrogens is 3. The fourth-order valence-corrected chi connectivity index (χ4v) is 6.30. The van der Waals surface area contributed by atoms with Gasteiger partial charge in [-0.05, 0) is 69.6 Å². The molecular formula is C30H31FN4O5S. The number of hydrogen-bond acceptors (Lipinski definition) is 8. The number of piperidine rings is 1. The van der Waals surface area contributed by atoms with E-state index in [1.165, 1.54) is 6.92 Å². The summed E-state index contributed by atoms with van der Waals surface area (Å²) in [4.78, 5) is 35.7. The van der Waals surface area contributed by atoms with Crippen molar-refractivity contribution in [2.24, 2.45) is 0 Å². The van der Waals surface area contributed by atoms with Crippen LogP contribution in [-0.2, 0) is 24.4 Å². The molecule has 1 aromatic carbocycles. The van der Waals surface area contributed by atoms with Crippen LogP contribution in [0, 0.1) is 5.13 Å². The van der Waals surface area contributed by atoms with Crippen LogP contribution in [0.3, 0.4) is 0 Å². The Kier molecular flexibility index (Phi) is 7.83. The maximum atomic E-state index is 13.9. The minimum Gasteiger partial charge on any atom is -0.478 e. The Balaban J connectivity index is 1.10. The summed E-state index contributed by atoms with van der Waals surface area (Å²) < 4.78 is 27.6. The molecule has 11 heteroatoms. The number of fused-ring (bicyclic) bond motifs is 1. The van der Waals surface area contributed by atoms with Crippen molar-refractivity contribution in [2.75, 3.05) is 19.7 Å². The Morgan fingerprint density at radius 3 is 2.63 bits per heavy atom. The van der Waals surface area contributed by atoms with Crippen LogP contribution < -0.4 is 4.74 Å². The average molecular weight is 579 g/mol. The van der Waals surface area contributed by atoms with Crippen LogP contribution in [0.25, 0.3) is 11.0 Å². The number of ether oxygens (including phenoxy) is 2. The summed E-state index contributed by atoms with van der Waals surface area (Å²) in [6.07, 6.45) is 2.98. The lowest BCUT2D eigenvalue weighted by atomic mass is 9.93. The second kappa shape index (κ2) is 11.7. The summed E-state index contributed by atoms with van der Waals surface area (Å²) >= 11 is 0.921. The zero-order chi connectivity index (χ0) is 28.5. The molecule has 0 bridgehead atoms. The Labute approximate surface area is 240 Å². The number of rotatable bonds is 10. The number of aromatic carboxylic acids is 1. The van der Waals surface area contributed by atoms with E-state index in [4.69, 9.17) is 19.4 Å². The predicted octanol–water partition coefficient (Wildman–Crippen LogP) is 5.28. The summed E-state index contributed by atoms with van der Waals surface area (Å²) in [5.74, 6) is 0.444. The molecule has 3 aromatic heterocycles. The molecule has 41 heavy (non-hydrogen) atoms. The van der Waals surface area contributed by atoms with Gasteiger partial charge in [0.2, 0.25) is 5.88 Å². The number of carbonyl (C=O) groups excluding carboxylic acids is 1. The van der Waals surface area contributed by atoms with Crippen molar-refractivity contribution in [1.29, 1.82) is 0 Å². The van der Waals surface area contributed by atoms with Crippen molar-refractivity contribution >= 4 is 34.1 Å². The third kappa shape index (κ3) is 6.02. The summed E-state index contributed by atoms with van der Waals surface area (Å²) in [5, 5.41) is 9.00. The van der Waals surface area contributed by atoms with Crippen LogP contribution in [-0.4, -0.2) is 62.1 Å². The summed E-state index contributed by atoms with van der Waals surface area (Å²) in [5.41, 5.74) is 2.94. The second-order valence-corrected chi connectivity index (χ2v) is 11.7. The minimum absolute atomic E-state index is 0.0963. The van der Waals surface area contributed by atoms with E-state index in [9.17, 15) is 19.1 Å². The molecule has 0 unspecified atom stereocenters. The molecule has 0 radical (unpaired) electrons. The van der Waals surface area contributed by atoms with E-state index in [2.05, 4.69) is 9.47 Å². The molecular weight excluding hydrogens is 547 g/mol. The van der Waals surface area contributed by atoms with Gasteiger partial charge in [-0.25, -0.2) is 14.8 Å². The predicted molar refractivity (Wildman–Crippen MR) is 151 cm³/mol. The van der Waals surface area contributed by atoms with Gasteiger partial charge in [-0.15, -0.1) is 11.3 Å². The van der Waals surface area contributed by atoms with E-state index in [1.807, 2.05) is 12.1 Å². The van der Waals surface area contributed by atoms with Crippen LogP contribution in [0.15, 0.2) is 42.5 Å². The summed E-state index contributed by atoms with van der Waals surface area (Å²) in [7, 11) is 0. The van der Waals surface area contributed by atoms with E-state index in [1.54, 1.807) is 30.3 Å². The van der Waals surface area contributed by atoms with Crippen molar-refractivity contribution in [2.45, 2.75) is 57.9 Å². The molecule has 5 heterocycles. The van der Waals surface area contributed by atoms with Gasteiger partial charge in [-0.2, -0.15) is 4.39 Å². The fourth-order valence-electron chi connectivity index (χ4n) is 5.46. The van der Waals surface area contributed by atoms with Gasteiger partial charge in [0.15, 0.2) is 10.9 Å². The normalized spacial score (nSPS) is 18.0. The number of pyridine rings is 1. The van der Waals surface area contributed by atoms with E-state index in [0.29, 0.717) is 29.8 Å². The summed E-state index contributed by atoms with van der Waals surface area (Å²) in [6, 6.07) is 12.4. The lowest BCUT2D eigenvalue weighted by Gasteiger charge is -2.32. The van der Waals surface area contributed by atoms with Crippen LogP contribution >= 0.6 is 11.3 Å². The number of ketones is 1. The highest BCUT2D eigenvalue weighted by Crippen LogP contribution is 2.30. The van der Waals surface area contributed by atoms with Crippen LogP contribution in [0.5, 0.6) is 5.88 Å². The fraction of sp³-hybridized carbons (Fsp3) is 0.400. The number of carbonyl (C=O) groups is 2. The number of imidazole rings is 1. The highest BCUT2D eigenvalue weighted by molar-refractivity contribution is 7.10. The Morgan fingerprint density at radius 1 is 1.15 bits per heavy atom. The average Bonchev–Trinajstić information content (AvgIpc) is 3.49. The lowest BCUT2D eigenvalue weighted by Crippen LogP contribution is -2.35. The number of halogens is 1.